The van der Waals surface area contributed by atoms with E-state index in [0.717, 1.165) is 15.4 Å². The number of hydrogen-bond donors (Lipinski definition) is 0. The lowest BCUT2D eigenvalue weighted by atomic mass is 10.1. The molecule has 1 rings (SSSR count). The molecule has 1 nitrogen and oxygen atoms in total. The molecule has 0 bridgehead atoms. The van der Waals surface area contributed by atoms with Crippen molar-refractivity contribution in [2.45, 2.75) is 5.33 Å². The van der Waals surface area contributed by atoms with Gasteiger partial charge in [0.1, 0.15) is 5.76 Å². The van der Waals surface area contributed by atoms with Crippen molar-refractivity contribution in [1.82, 2.24) is 0 Å². The topological polar surface area (TPSA) is 9.23 Å². The average molecular weight is 306 g/mol. The standard InChI is InChI=1S/C10H10Br2O/c1-7(13-2)8-3-4-9(6-11)10(12)5-8/h3-5H,1,6H2,2H3. The van der Waals surface area contributed by atoms with Gasteiger partial charge in [0.15, 0.2) is 0 Å². The van der Waals surface area contributed by atoms with E-state index in [1.807, 2.05) is 18.2 Å². The third-order valence-electron chi connectivity index (χ3n) is 1.77. The van der Waals surface area contributed by atoms with Gasteiger partial charge in [0.2, 0.25) is 0 Å². The van der Waals surface area contributed by atoms with Crippen LogP contribution in [0.1, 0.15) is 11.1 Å². The lowest BCUT2D eigenvalue weighted by Gasteiger charge is -2.06. The number of benzene rings is 1. The van der Waals surface area contributed by atoms with Gasteiger partial charge in [-0.2, -0.15) is 0 Å². The predicted molar refractivity (Wildman–Crippen MR) is 62.8 cm³/mol. The van der Waals surface area contributed by atoms with Crippen LogP contribution in [0.4, 0.5) is 0 Å². The van der Waals surface area contributed by atoms with E-state index in [4.69, 9.17) is 4.74 Å². The second-order valence-corrected chi connectivity index (χ2v) is 3.98. The van der Waals surface area contributed by atoms with Crippen molar-refractivity contribution in [2.24, 2.45) is 0 Å². The Morgan fingerprint density at radius 1 is 1.54 bits per heavy atom. The van der Waals surface area contributed by atoms with Crippen LogP contribution in [0.2, 0.25) is 0 Å². The summed E-state index contributed by atoms with van der Waals surface area (Å²) in [6, 6.07) is 6.04. The summed E-state index contributed by atoms with van der Waals surface area (Å²) in [5, 5.41) is 0.841. The summed E-state index contributed by atoms with van der Waals surface area (Å²) in [4.78, 5) is 0. The number of hydrogen-bond acceptors (Lipinski definition) is 1. The number of alkyl halides is 1. The highest BCUT2D eigenvalue weighted by Gasteiger charge is 2.02. The number of methoxy groups -OCH3 is 1. The first-order valence-corrected chi connectivity index (χ1v) is 5.68. The molecule has 0 aliphatic rings. The van der Waals surface area contributed by atoms with Gasteiger partial charge in [0.05, 0.1) is 7.11 Å². The van der Waals surface area contributed by atoms with Crippen LogP contribution >= 0.6 is 31.9 Å². The molecule has 0 aromatic heterocycles. The molecule has 0 unspecified atom stereocenters. The lowest BCUT2D eigenvalue weighted by molar-refractivity contribution is 0.371. The molecule has 1 aromatic rings. The Morgan fingerprint density at radius 3 is 2.69 bits per heavy atom. The van der Waals surface area contributed by atoms with E-state index in [0.29, 0.717) is 5.76 Å². The number of rotatable bonds is 3. The van der Waals surface area contributed by atoms with Gasteiger partial charge < -0.3 is 4.74 Å². The van der Waals surface area contributed by atoms with Crippen molar-refractivity contribution in [2.75, 3.05) is 7.11 Å². The number of halogens is 2. The Balaban J connectivity index is 3.02. The van der Waals surface area contributed by atoms with Crippen LogP contribution in [0.15, 0.2) is 29.3 Å². The zero-order valence-electron chi connectivity index (χ0n) is 7.31. The summed E-state index contributed by atoms with van der Waals surface area (Å²) in [5.41, 5.74) is 2.21. The molecule has 0 N–H and O–H groups in total. The normalized spacial score (nSPS) is 9.77. The Labute approximate surface area is 95.1 Å². The lowest BCUT2D eigenvalue weighted by Crippen LogP contribution is -1.87. The summed E-state index contributed by atoms with van der Waals surface area (Å²) >= 11 is 6.88. The largest absolute Gasteiger partial charge is 0.497 e. The molecule has 0 saturated heterocycles. The fourth-order valence-electron chi connectivity index (χ4n) is 0.947. The maximum absolute atomic E-state index is 5.04. The molecule has 0 fully saturated rings. The molecule has 0 amide bonds. The predicted octanol–water partition coefficient (Wildman–Crippen LogP) is 3.96. The van der Waals surface area contributed by atoms with Crippen LogP contribution in [0, 0.1) is 0 Å². The Bertz CT molecular complexity index is 321. The SMILES string of the molecule is C=C(OC)c1ccc(CBr)c(Br)c1. The van der Waals surface area contributed by atoms with E-state index in [1.54, 1.807) is 7.11 Å². The minimum atomic E-state index is 0.682. The molecule has 0 spiro atoms. The minimum absolute atomic E-state index is 0.682. The van der Waals surface area contributed by atoms with Gasteiger partial charge >= 0.3 is 0 Å². The number of ether oxygens (including phenoxy) is 1. The maximum Gasteiger partial charge on any atom is 0.118 e. The van der Waals surface area contributed by atoms with Crippen LogP contribution in [0.3, 0.4) is 0 Å². The molecule has 0 atom stereocenters. The summed E-state index contributed by atoms with van der Waals surface area (Å²) in [6.07, 6.45) is 0. The highest BCUT2D eigenvalue weighted by molar-refractivity contribution is 9.10. The molecule has 70 valence electrons. The maximum atomic E-state index is 5.04. The van der Waals surface area contributed by atoms with Gasteiger partial charge in [-0.1, -0.05) is 50.6 Å². The van der Waals surface area contributed by atoms with Crippen LogP contribution in [-0.2, 0) is 10.1 Å². The first-order chi connectivity index (χ1) is 6.19. The summed E-state index contributed by atoms with van der Waals surface area (Å²) in [6.45, 7) is 3.79. The van der Waals surface area contributed by atoms with Crippen molar-refractivity contribution in [3.63, 3.8) is 0 Å². The third-order valence-corrected chi connectivity index (χ3v) is 3.11. The molecule has 13 heavy (non-hydrogen) atoms. The van der Waals surface area contributed by atoms with E-state index in [-0.39, 0.29) is 0 Å². The first-order valence-electron chi connectivity index (χ1n) is 3.76. The molecule has 0 heterocycles. The van der Waals surface area contributed by atoms with Crippen molar-refractivity contribution in [1.29, 1.82) is 0 Å². The van der Waals surface area contributed by atoms with E-state index >= 15 is 0 Å². The zero-order valence-corrected chi connectivity index (χ0v) is 10.5. The molecule has 1 aromatic carbocycles. The highest BCUT2D eigenvalue weighted by Crippen LogP contribution is 2.24. The van der Waals surface area contributed by atoms with Crippen LogP contribution in [-0.4, -0.2) is 7.11 Å². The highest BCUT2D eigenvalue weighted by atomic mass is 79.9. The molecule has 0 saturated carbocycles. The molecule has 0 radical (unpaired) electrons. The van der Waals surface area contributed by atoms with Crippen LogP contribution in [0.5, 0.6) is 0 Å². The van der Waals surface area contributed by atoms with E-state index < -0.39 is 0 Å². The monoisotopic (exact) mass is 304 g/mol. The van der Waals surface area contributed by atoms with E-state index in [2.05, 4.69) is 38.4 Å². The molecule has 0 aliphatic carbocycles. The third kappa shape index (κ3) is 2.58. The van der Waals surface area contributed by atoms with Crippen LogP contribution in [0.25, 0.3) is 5.76 Å². The second kappa shape index (κ2) is 4.82. The van der Waals surface area contributed by atoms with Gasteiger partial charge in [0.25, 0.3) is 0 Å². The molecule has 0 aliphatic heterocycles. The van der Waals surface area contributed by atoms with E-state index in [9.17, 15) is 0 Å². The summed E-state index contributed by atoms with van der Waals surface area (Å²) < 4.78 is 6.11. The Kier molecular flexibility index (Phi) is 4.00. The van der Waals surface area contributed by atoms with Crippen molar-refractivity contribution < 1.29 is 4.74 Å². The molecular weight excluding hydrogens is 296 g/mol. The van der Waals surface area contributed by atoms with Crippen LogP contribution < -0.4 is 0 Å². The van der Waals surface area contributed by atoms with Gasteiger partial charge in [-0.15, -0.1) is 0 Å². The minimum Gasteiger partial charge on any atom is -0.497 e. The van der Waals surface area contributed by atoms with Crippen molar-refractivity contribution in [3.05, 3.63) is 40.4 Å². The van der Waals surface area contributed by atoms with Gasteiger partial charge in [-0.05, 0) is 11.6 Å². The Hall–Kier alpha value is -0.280. The second-order valence-electron chi connectivity index (χ2n) is 2.57. The smallest absolute Gasteiger partial charge is 0.118 e. The summed E-state index contributed by atoms with van der Waals surface area (Å²) in [5.74, 6) is 0.682. The molecule has 3 heteroatoms. The quantitative estimate of drug-likeness (QED) is 0.607. The first kappa shape index (κ1) is 10.8. The van der Waals surface area contributed by atoms with Gasteiger partial charge in [-0.3, -0.25) is 0 Å². The van der Waals surface area contributed by atoms with Crippen molar-refractivity contribution >= 4 is 37.6 Å². The fourth-order valence-corrected chi connectivity index (χ4v) is 2.33. The molecular formula is C10H10Br2O. The Morgan fingerprint density at radius 2 is 2.23 bits per heavy atom. The van der Waals surface area contributed by atoms with Gasteiger partial charge in [-0.25, -0.2) is 0 Å². The average Bonchev–Trinajstić information content (AvgIpc) is 2.16. The van der Waals surface area contributed by atoms with Gasteiger partial charge in [0, 0.05) is 15.4 Å². The zero-order chi connectivity index (χ0) is 9.84. The van der Waals surface area contributed by atoms with Crippen molar-refractivity contribution in [3.8, 4) is 0 Å². The van der Waals surface area contributed by atoms with E-state index in [1.165, 1.54) is 5.56 Å². The summed E-state index contributed by atoms with van der Waals surface area (Å²) in [7, 11) is 1.62. The fraction of sp³-hybridized carbons (Fsp3) is 0.200.